The van der Waals surface area contributed by atoms with Crippen molar-refractivity contribution in [2.24, 2.45) is 0 Å². The highest BCUT2D eigenvalue weighted by Crippen LogP contribution is 2.25. The number of rotatable bonds is 7. The quantitative estimate of drug-likeness (QED) is 0.269. The number of hydrogen-bond acceptors (Lipinski definition) is 4. The molecule has 8 heteroatoms. The molecule has 0 heterocycles. The van der Waals surface area contributed by atoms with Gasteiger partial charge in [-0.15, -0.1) is 11.8 Å². The molecule has 0 saturated heterocycles. The Morgan fingerprint density at radius 3 is 2.15 bits per heavy atom. The molecule has 0 unspecified atom stereocenters. The molecule has 0 bridgehead atoms. The Hall–Kier alpha value is -3.81. The van der Waals surface area contributed by atoms with E-state index in [0.717, 1.165) is 4.90 Å². The monoisotopic (exact) mass is 490 g/mol. The van der Waals surface area contributed by atoms with E-state index in [9.17, 15) is 19.5 Å². The van der Waals surface area contributed by atoms with E-state index in [-0.39, 0.29) is 22.8 Å². The van der Waals surface area contributed by atoms with Crippen LogP contribution in [0.3, 0.4) is 0 Å². The lowest BCUT2D eigenvalue weighted by Crippen LogP contribution is -2.14. The third-order valence-corrected chi connectivity index (χ3v) is 6.22. The van der Waals surface area contributed by atoms with Gasteiger partial charge in [0.05, 0.1) is 11.3 Å². The van der Waals surface area contributed by atoms with Crippen LogP contribution in [-0.2, 0) is 4.79 Å². The molecule has 4 aromatic carbocycles. The van der Waals surface area contributed by atoms with Crippen LogP contribution in [-0.4, -0.2) is 28.6 Å². The standard InChI is InChI=1S/C26H19ClN2O4S/c27-17-6-3-7-19(14-17)28-23(30)15-34-20-12-10-18(11-13-20)29-25(31)21-8-1-4-16-5-2-9-22(24(16)21)26(32)33/h1-14H,15H2,(H,28,30)(H,29,31)(H,32,33). The number of benzene rings is 4. The number of thioether (sulfide) groups is 1. The maximum Gasteiger partial charge on any atom is 0.336 e. The van der Waals surface area contributed by atoms with E-state index in [1.54, 1.807) is 78.9 Å². The molecule has 0 radical (unpaired) electrons. The first-order valence-electron chi connectivity index (χ1n) is 10.3. The maximum absolute atomic E-state index is 12.9. The molecule has 0 aromatic heterocycles. The second kappa shape index (κ2) is 10.4. The normalized spacial score (nSPS) is 10.6. The van der Waals surface area contributed by atoms with Gasteiger partial charge in [0, 0.05) is 32.2 Å². The minimum absolute atomic E-state index is 0.0750. The summed E-state index contributed by atoms with van der Waals surface area (Å²) in [4.78, 5) is 37.6. The summed E-state index contributed by atoms with van der Waals surface area (Å²) < 4.78 is 0. The van der Waals surface area contributed by atoms with Gasteiger partial charge in [-0.2, -0.15) is 0 Å². The van der Waals surface area contributed by atoms with E-state index in [0.29, 0.717) is 27.2 Å². The van der Waals surface area contributed by atoms with Gasteiger partial charge in [-0.05, 0) is 60.0 Å². The number of aromatic carboxylic acids is 1. The fourth-order valence-corrected chi connectivity index (χ4v) is 4.34. The average Bonchev–Trinajstić information content (AvgIpc) is 2.82. The Kier molecular flexibility index (Phi) is 7.15. The Balaban J connectivity index is 1.41. The maximum atomic E-state index is 12.9. The molecule has 0 atom stereocenters. The van der Waals surface area contributed by atoms with E-state index in [4.69, 9.17) is 11.6 Å². The zero-order valence-electron chi connectivity index (χ0n) is 17.7. The van der Waals surface area contributed by atoms with Crippen LogP contribution in [0.25, 0.3) is 10.8 Å². The van der Waals surface area contributed by atoms with Gasteiger partial charge in [0.1, 0.15) is 0 Å². The number of carboxylic acids is 1. The van der Waals surface area contributed by atoms with Crippen molar-refractivity contribution in [1.29, 1.82) is 0 Å². The molecule has 0 saturated carbocycles. The van der Waals surface area contributed by atoms with E-state index in [1.807, 2.05) is 0 Å². The molecule has 3 N–H and O–H groups in total. The van der Waals surface area contributed by atoms with Crippen LogP contribution in [0.5, 0.6) is 0 Å². The number of hydrogen-bond donors (Lipinski definition) is 3. The van der Waals surface area contributed by atoms with Crippen LogP contribution in [0.1, 0.15) is 20.7 Å². The van der Waals surface area contributed by atoms with E-state index in [1.165, 1.54) is 17.8 Å². The number of carbonyl (C=O) groups excluding carboxylic acids is 2. The highest BCUT2D eigenvalue weighted by Gasteiger charge is 2.16. The number of halogens is 1. The van der Waals surface area contributed by atoms with Crippen molar-refractivity contribution in [3.63, 3.8) is 0 Å². The van der Waals surface area contributed by atoms with Gasteiger partial charge in [0.2, 0.25) is 5.91 Å². The van der Waals surface area contributed by atoms with E-state index < -0.39 is 11.9 Å². The zero-order valence-corrected chi connectivity index (χ0v) is 19.3. The van der Waals surface area contributed by atoms with E-state index in [2.05, 4.69) is 10.6 Å². The predicted octanol–water partition coefficient (Wildman–Crippen LogP) is 6.17. The minimum Gasteiger partial charge on any atom is -0.478 e. The molecule has 170 valence electrons. The molecule has 4 rings (SSSR count). The number of amides is 2. The van der Waals surface area contributed by atoms with Crippen LogP contribution in [0, 0.1) is 0 Å². The molecular weight excluding hydrogens is 472 g/mol. The molecule has 34 heavy (non-hydrogen) atoms. The lowest BCUT2D eigenvalue weighted by molar-refractivity contribution is -0.113. The van der Waals surface area contributed by atoms with Gasteiger partial charge in [-0.3, -0.25) is 9.59 Å². The minimum atomic E-state index is -1.09. The summed E-state index contributed by atoms with van der Waals surface area (Å²) in [6.07, 6.45) is 0. The van der Waals surface area contributed by atoms with Crippen molar-refractivity contribution in [3.8, 4) is 0 Å². The lowest BCUT2D eigenvalue weighted by atomic mass is 9.98. The second-order valence-corrected chi connectivity index (χ2v) is 8.83. The summed E-state index contributed by atoms with van der Waals surface area (Å²) in [6.45, 7) is 0. The van der Waals surface area contributed by atoms with Crippen LogP contribution in [0.2, 0.25) is 5.02 Å². The molecule has 6 nitrogen and oxygen atoms in total. The van der Waals surface area contributed by atoms with Crippen LogP contribution >= 0.6 is 23.4 Å². The van der Waals surface area contributed by atoms with Crippen molar-refractivity contribution in [3.05, 3.63) is 101 Å². The average molecular weight is 491 g/mol. The first-order chi connectivity index (χ1) is 16.4. The van der Waals surface area contributed by atoms with Crippen LogP contribution in [0.4, 0.5) is 11.4 Å². The van der Waals surface area contributed by atoms with E-state index >= 15 is 0 Å². The first-order valence-corrected chi connectivity index (χ1v) is 11.6. The molecule has 0 aliphatic heterocycles. The van der Waals surface area contributed by atoms with Crippen molar-refractivity contribution < 1.29 is 19.5 Å². The summed E-state index contributed by atoms with van der Waals surface area (Å²) in [5.41, 5.74) is 1.55. The van der Waals surface area contributed by atoms with Gasteiger partial charge >= 0.3 is 5.97 Å². The Morgan fingerprint density at radius 2 is 1.47 bits per heavy atom. The number of anilines is 2. The van der Waals surface area contributed by atoms with Crippen molar-refractivity contribution >= 4 is 63.3 Å². The molecule has 0 spiro atoms. The smallest absolute Gasteiger partial charge is 0.336 e. The summed E-state index contributed by atoms with van der Waals surface area (Å²) in [7, 11) is 0. The first kappa shape index (κ1) is 23.4. The Morgan fingerprint density at radius 1 is 0.794 bits per heavy atom. The topological polar surface area (TPSA) is 95.5 Å². The van der Waals surface area contributed by atoms with Gasteiger partial charge in [-0.1, -0.05) is 41.9 Å². The highest BCUT2D eigenvalue weighted by atomic mass is 35.5. The molecule has 0 aliphatic carbocycles. The number of nitrogens with one attached hydrogen (secondary N) is 2. The van der Waals surface area contributed by atoms with Gasteiger partial charge < -0.3 is 15.7 Å². The lowest BCUT2D eigenvalue weighted by Gasteiger charge is -2.11. The summed E-state index contributed by atoms with van der Waals surface area (Å²) in [6, 6.07) is 24.0. The van der Waals surface area contributed by atoms with Crippen LogP contribution < -0.4 is 10.6 Å². The predicted molar refractivity (Wildman–Crippen MR) is 136 cm³/mol. The third-order valence-electron chi connectivity index (χ3n) is 4.97. The molecule has 2 amide bonds. The number of fused-ring (bicyclic) bond motifs is 1. The zero-order chi connectivity index (χ0) is 24.1. The molecular formula is C26H19ClN2O4S. The summed E-state index contributed by atoms with van der Waals surface area (Å²) in [5.74, 6) is -1.44. The second-order valence-electron chi connectivity index (χ2n) is 7.34. The molecule has 4 aromatic rings. The van der Waals surface area contributed by atoms with Crippen LogP contribution in [0.15, 0.2) is 89.8 Å². The molecule has 0 aliphatic rings. The number of carboxylic acid groups (broad SMARTS) is 1. The van der Waals surface area contributed by atoms with Crippen molar-refractivity contribution in [2.45, 2.75) is 4.90 Å². The Labute approximate surface area is 204 Å². The highest BCUT2D eigenvalue weighted by molar-refractivity contribution is 8.00. The van der Waals surface area contributed by atoms with Crippen molar-refractivity contribution in [2.75, 3.05) is 16.4 Å². The van der Waals surface area contributed by atoms with Gasteiger partial charge in [0.25, 0.3) is 5.91 Å². The summed E-state index contributed by atoms with van der Waals surface area (Å²) in [5, 5.41) is 16.8. The summed E-state index contributed by atoms with van der Waals surface area (Å²) >= 11 is 7.29. The van der Waals surface area contributed by atoms with Gasteiger partial charge in [0.15, 0.2) is 0 Å². The fourth-order valence-electron chi connectivity index (χ4n) is 3.45. The van der Waals surface area contributed by atoms with Crippen molar-refractivity contribution in [1.82, 2.24) is 0 Å². The largest absolute Gasteiger partial charge is 0.478 e. The third kappa shape index (κ3) is 5.57. The SMILES string of the molecule is O=C(CSc1ccc(NC(=O)c2cccc3cccc(C(=O)O)c23)cc1)Nc1cccc(Cl)c1. The fraction of sp³-hybridized carbons (Fsp3) is 0.0385. The number of carbonyl (C=O) groups is 3. The Bertz CT molecular complexity index is 1380. The molecule has 0 fully saturated rings. The van der Waals surface area contributed by atoms with Gasteiger partial charge in [-0.25, -0.2) is 4.79 Å².